The lowest BCUT2D eigenvalue weighted by Crippen LogP contribution is -2.49. The third-order valence-corrected chi connectivity index (χ3v) is 27.7. The molecule has 6 unspecified atom stereocenters. The molecule has 6 atom stereocenters. The third kappa shape index (κ3) is 12.5. The highest BCUT2D eigenvalue weighted by Gasteiger charge is 2.48. The molecule has 0 saturated carbocycles. The van der Waals surface area contributed by atoms with E-state index in [4.69, 9.17) is 0 Å². The summed E-state index contributed by atoms with van der Waals surface area (Å²) in [5.41, 5.74) is 30.2. The van der Waals surface area contributed by atoms with Crippen molar-refractivity contribution >= 4 is 99.5 Å². The molecule has 6 heteroatoms. The van der Waals surface area contributed by atoms with Crippen LogP contribution in [-0.2, 0) is 16.2 Å². The molecule has 6 aliphatic rings. The van der Waals surface area contributed by atoms with Crippen LogP contribution in [0.4, 0.5) is 34.1 Å². The van der Waals surface area contributed by atoms with Crippen LogP contribution in [0.5, 0.6) is 0 Å². The zero-order valence-electron chi connectivity index (χ0n) is 70.2. The molecule has 15 aromatic carbocycles. The van der Waals surface area contributed by atoms with E-state index in [-0.39, 0.29) is 34.4 Å². The fraction of sp³-hybridized carbons (Fsp3) is 0.128. The van der Waals surface area contributed by atoms with Crippen molar-refractivity contribution in [3.8, 4) is 50.4 Å². The maximum atomic E-state index is 2.55. The number of hydrogen-bond donors (Lipinski definition) is 0. The fourth-order valence-corrected chi connectivity index (χ4v) is 21.7. The van der Waals surface area contributed by atoms with Gasteiger partial charge in [-0.3, -0.25) is 0 Å². The zero-order valence-corrected chi connectivity index (χ0v) is 70.2. The van der Waals surface area contributed by atoms with Crippen molar-refractivity contribution in [2.45, 2.75) is 75.9 Å². The number of nitrogens with zero attached hydrogens (tertiary/aromatic N) is 6. The molecule has 3 aliphatic carbocycles. The summed E-state index contributed by atoms with van der Waals surface area (Å²) in [7, 11) is 0. The number of fused-ring (bicyclic) bond motifs is 15. The number of para-hydroxylation sites is 9. The highest BCUT2D eigenvalue weighted by Crippen LogP contribution is 2.55. The highest BCUT2D eigenvalue weighted by atomic mass is 15.2. The van der Waals surface area contributed by atoms with Crippen LogP contribution in [0.25, 0.3) is 116 Å². The minimum absolute atomic E-state index is 0.0489. The van der Waals surface area contributed by atoms with Gasteiger partial charge in [0.1, 0.15) is 0 Å². The van der Waals surface area contributed by atoms with Crippen LogP contribution >= 0.6 is 0 Å². The van der Waals surface area contributed by atoms with E-state index in [1.807, 2.05) is 0 Å². The predicted octanol–water partition coefficient (Wildman–Crippen LogP) is 30.0. The van der Waals surface area contributed by atoms with Gasteiger partial charge in [-0.05, 0) is 184 Å². The van der Waals surface area contributed by atoms with Gasteiger partial charge in [-0.2, -0.15) is 0 Å². The van der Waals surface area contributed by atoms with Gasteiger partial charge in [0.25, 0.3) is 0 Å². The van der Waals surface area contributed by atoms with Crippen molar-refractivity contribution in [2.75, 3.05) is 14.7 Å². The zero-order chi connectivity index (χ0) is 82.7. The molecule has 0 saturated heterocycles. The molecule has 24 rings (SSSR count). The maximum absolute atomic E-state index is 2.55. The smallest absolute Gasteiger partial charge is 0.0596 e. The topological polar surface area (TPSA) is 24.5 Å². The molecular formula is C117H96N6. The lowest BCUT2D eigenvalue weighted by molar-refractivity contribution is 0.332. The quantitative estimate of drug-likeness (QED) is 0.144. The third-order valence-electron chi connectivity index (χ3n) is 27.7. The number of aromatic nitrogens is 3. The summed E-state index contributed by atoms with van der Waals surface area (Å²) in [6, 6.07) is 134. The Labute approximate surface area is 720 Å². The average Bonchev–Trinajstić information content (AvgIpc) is 1.67. The summed E-state index contributed by atoms with van der Waals surface area (Å²) in [6.45, 7) is 14.3. The van der Waals surface area contributed by atoms with Gasteiger partial charge in [0.2, 0.25) is 0 Å². The van der Waals surface area contributed by atoms with Gasteiger partial charge < -0.3 is 28.4 Å². The van der Waals surface area contributed by atoms with Crippen LogP contribution in [-0.4, -0.2) is 31.8 Å². The summed E-state index contributed by atoms with van der Waals surface area (Å²) < 4.78 is 7.14. The number of rotatable bonds is 9. The molecular weight excluding hydrogens is 1490 g/mol. The summed E-state index contributed by atoms with van der Waals surface area (Å²) >= 11 is 0. The van der Waals surface area contributed by atoms with Crippen LogP contribution < -0.4 is 14.7 Å². The lowest BCUT2D eigenvalue weighted by atomic mass is 9.65. The van der Waals surface area contributed by atoms with Crippen molar-refractivity contribution in [2.24, 2.45) is 17.8 Å². The van der Waals surface area contributed by atoms with Gasteiger partial charge in [0.15, 0.2) is 0 Å². The maximum Gasteiger partial charge on any atom is 0.0596 e. The molecule has 0 radical (unpaired) electrons. The van der Waals surface area contributed by atoms with E-state index in [0.717, 1.165) is 0 Å². The number of anilines is 6. The molecule has 594 valence electrons. The molecule has 0 bridgehead atoms. The molecule has 6 nitrogen and oxygen atoms in total. The van der Waals surface area contributed by atoms with E-state index in [1.54, 1.807) is 0 Å². The largest absolute Gasteiger partial charge is 0.334 e. The Morgan fingerprint density at radius 2 is 0.447 bits per heavy atom. The standard InChI is InChI=1S/3C39H32N2/c1-39(2)33-19-5-9-23-37(33)41(38-24-10-6-20-34(38)39)30-16-12-14-28(26-30)27-13-11-15-29(25-27)40-35-21-7-3-17-31(35)32-18-4-8-22-36(32)40;1-39(2)33-16-5-9-20-37(33)41(38-21-10-6-17-34(38)39)30-13-11-12-28(26-30)27-22-24-29(25-23-27)40-35-18-7-3-14-31(35)32-15-4-8-19-36(32)40;1-39(2)33-18-7-10-21-37(33)41(38-22-11-8-19-34(38)39)30-16-12-13-27(25-30)28-23-24-36-32(26-28)31-17-6-9-20-35(31)40(36)29-14-4-3-5-15-29/h3*3-26,33,37H,1-2H3. The molecule has 0 spiro atoms. The van der Waals surface area contributed by atoms with Gasteiger partial charge in [-0.1, -0.05) is 345 Å². The first-order valence-corrected chi connectivity index (χ1v) is 43.6. The lowest BCUT2D eigenvalue weighted by Gasteiger charge is -2.50. The minimum Gasteiger partial charge on any atom is -0.334 e. The van der Waals surface area contributed by atoms with Crippen LogP contribution in [0.3, 0.4) is 0 Å². The minimum atomic E-state index is 0.0489. The van der Waals surface area contributed by atoms with E-state index in [0.29, 0.717) is 17.8 Å². The second-order valence-electron chi connectivity index (χ2n) is 35.6. The Morgan fingerprint density at radius 3 is 0.829 bits per heavy atom. The molecule has 0 N–H and O–H groups in total. The van der Waals surface area contributed by atoms with Gasteiger partial charge in [-0.15, -0.1) is 0 Å². The van der Waals surface area contributed by atoms with Gasteiger partial charge in [-0.25, -0.2) is 0 Å². The van der Waals surface area contributed by atoms with Crippen LogP contribution in [0.1, 0.15) is 58.2 Å². The van der Waals surface area contributed by atoms with Crippen molar-refractivity contribution in [1.82, 2.24) is 13.7 Å². The van der Waals surface area contributed by atoms with Crippen molar-refractivity contribution in [3.05, 3.63) is 454 Å². The van der Waals surface area contributed by atoms with Gasteiger partial charge >= 0.3 is 0 Å². The average molecular weight is 1590 g/mol. The number of allylic oxidation sites excluding steroid dienone is 6. The van der Waals surface area contributed by atoms with Crippen LogP contribution in [0, 0.1) is 17.8 Å². The Balaban J connectivity index is 0.000000110. The SMILES string of the molecule is CC1(C)c2ccccc2N(c2cccc(-c3ccc(-n4c5ccccc5c5ccccc54)cc3)c2)C2C=CC=CC21.CC1(C)c2ccccc2N(c2cccc(-c3ccc4c(c3)c3ccccc3n4-c3ccccc3)c2)C2C=CC=CC21.CC1(C)c2ccccc2N(c2cccc(-c3cccc(-n4c5ccccc5c5ccccc54)c3)c2)C2C=CC=CC21. The van der Waals surface area contributed by atoms with E-state index >= 15 is 0 Å². The van der Waals surface area contributed by atoms with E-state index in [1.165, 1.54) is 167 Å². The van der Waals surface area contributed by atoms with Crippen molar-refractivity contribution in [1.29, 1.82) is 0 Å². The van der Waals surface area contributed by atoms with E-state index in [2.05, 4.69) is 507 Å². The van der Waals surface area contributed by atoms with Crippen molar-refractivity contribution in [3.63, 3.8) is 0 Å². The molecule has 18 aromatic rings. The Bertz CT molecular complexity index is 7260. The molecule has 0 fully saturated rings. The van der Waals surface area contributed by atoms with Crippen LogP contribution in [0.15, 0.2) is 437 Å². The molecule has 3 aromatic heterocycles. The van der Waals surface area contributed by atoms with Crippen LogP contribution in [0.2, 0.25) is 0 Å². The summed E-state index contributed by atoms with van der Waals surface area (Å²) in [4.78, 5) is 7.64. The first-order valence-electron chi connectivity index (χ1n) is 43.6. The summed E-state index contributed by atoms with van der Waals surface area (Å²) in [5, 5.41) is 7.69. The second kappa shape index (κ2) is 30.1. The summed E-state index contributed by atoms with van der Waals surface area (Å²) in [5.74, 6) is 1.19. The first-order chi connectivity index (χ1) is 60.3. The molecule has 3 aliphatic heterocycles. The Hall–Kier alpha value is -14.5. The normalized spacial score (nSPS) is 18.9. The summed E-state index contributed by atoms with van der Waals surface area (Å²) in [6.07, 6.45) is 27.6. The molecule has 0 amide bonds. The Kier molecular flexibility index (Phi) is 18.3. The van der Waals surface area contributed by atoms with Gasteiger partial charge in [0, 0.05) is 118 Å². The van der Waals surface area contributed by atoms with Gasteiger partial charge in [0.05, 0.1) is 51.2 Å². The van der Waals surface area contributed by atoms with E-state index < -0.39 is 0 Å². The fourth-order valence-electron chi connectivity index (χ4n) is 21.7. The number of hydrogen-bond acceptors (Lipinski definition) is 3. The second-order valence-corrected chi connectivity index (χ2v) is 35.6. The number of benzene rings is 15. The van der Waals surface area contributed by atoms with Crippen molar-refractivity contribution < 1.29 is 0 Å². The monoisotopic (exact) mass is 1580 g/mol. The molecule has 123 heavy (non-hydrogen) atoms. The first kappa shape index (κ1) is 74.8. The highest BCUT2D eigenvalue weighted by molar-refractivity contribution is 6.12. The molecule has 6 heterocycles. The Morgan fingerprint density at radius 1 is 0.187 bits per heavy atom. The predicted molar refractivity (Wildman–Crippen MR) is 520 cm³/mol. The van der Waals surface area contributed by atoms with E-state index in [9.17, 15) is 0 Å².